The summed E-state index contributed by atoms with van der Waals surface area (Å²) in [5.41, 5.74) is -0.905. The number of likely N-dealkylation sites (tertiary alicyclic amines) is 1. The molecular weight excluding hydrogens is 609 g/mol. The Hall–Kier alpha value is -4.71. The standard InChI is InChI=1S/C31H33F3N6O6/c1-18(45-16-20-7-4-3-5-8-20)24(37-29(44)31(32,33)34)27(42)39(2)22(13-19-10-11-19)26(41)40-17-30(14-21(40)15-35)28(43)38-25-23(46-30)9-6-12-36-25/h3-9,12,18-19,21-22,24H,10-11,13-14,16-17H2,1-2H3,(H,37,44)(H,36,38,43)/t18-,21-,22-,24-,30+/m0/s1. The van der Waals surface area contributed by atoms with E-state index in [1.54, 1.807) is 47.8 Å². The van der Waals surface area contributed by atoms with Gasteiger partial charge < -0.3 is 29.9 Å². The Kier molecular flexibility index (Phi) is 9.20. The van der Waals surface area contributed by atoms with E-state index in [0.717, 1.165) is 17.7 Å². The molecule has 0 bridgehead atoms. The number of pyridine rings is 1. The van der Waals surface area contributed by atoms with Crippen molar-refractivity contribution in [2.45, 2.75) is 75.2 Å². The Morgan fingerprint density at radius 3 is 2.61 bits per heavy atom. The van der Waals surface area contributed by atoms with Crippen LogP contribution in [0.25, 0.3) is 0 Å². The zero-order chi connectivity index (χ0) is 33.2. The maximum atomic E-state index is 14.2. The largest absolute Gasteiger partial charge is 0.472 e. The number of carbonyl (C=O) groups is 4. The number of alkyl halides is 3. The summed E-state index contributed by atoms with van der Waals surface area (Å²) in [4.78, 5) is 59.5. The number of ether oxygens (including phenoxy) is 2. The highest BCUT2D eigenvalue weighted by Crippen LogP contribution is 2.41. The summed E-state index contributed by atoms with van der Waals surface area (Å²) in [6.07, 6.45) is -3.48. The van der Waals surface area contributed by atoms with E-state index in [4.69, 9.17) is 9.47 Å². The van der Waals surface area contributed by atoms with E-state index < -0.39 is 59.6 Å². The van der Waals surface area contributed by atoms with Crippen LogP contribution in [0.3, 0.4) is 0 Å². The molecule has 1 saturated carbocycles. The molecule has 1 aromatic heterocycles. The molecule has 5 rings (SSSR count). The van der Waals surface area contributed by atoms with E-state index in [9.17, 15) is 37.6 Å². The van der Waals surface area contributed by atoms with Crippen LogP contribution in [0.5, 0.6) is 5.75 Å². The summed E-state index contributed by atoms with van der Waals surface area (Å²) in [5.74, 6) is -4.04. The van der Waals surface area contributed by atoms with E-state index in [2.05, 4.69) is 10.3 Å². The van der Waals surface area contributed by atoms with Gasteiger partial charge in [0.25, 0.3) is 5.91 Å². The van der Waals surface area contributed by atoms with E-state index in [1.807, 2.05) is 6.07 Å². The molecule has 3 heterocycles. The molecule has 2 aliphatic heterocycles. The van der Waals surface area contributed by atoms with Gasteiger partial charge in [-0.15, -0.1) is 0 Å². The molecule has 4 amide bonds. The zero-order valence-electron chi connectivity index (χ0n) is 25.1. The Bertz CT molecular complexity index is 1530. The SMILES string of the molecule is C[C@H](OCc1ccccc1)[C@H](NC(=O)C(F)(F)F)C(=O)N(C)[C@@H](CC1CC1)C(=O)N1C[C@@]2(C[C@H]1C#N)Oc1cccnc1NC2=O. The van der Waals surface area contributed by atoms with E-state index in [0.29, 0.717) is 5.56 Å². The van der Waals surface area contributed by atoms with Crippen molar-refractivity contribution < 1.29 is 41.8 Å². The van der Waals surface area contributed by atoms with Crippen LogP contribution in [0.2, 0.25) is 0 Å². The minimum absolute atomic E-state index is 0.0533. The molecule has 1 aromatic carbocycles. The third-order valence-electron chi connectivity index (χ3n) is 8.47. The predicted octanol–water partition coefficient (Wildman–Crippen LogP) is 2.56. The van der Waals surface area contributed by atoms with Gasteiger partial charge in [-0.1, -0.05) is 43.2 Å². The van der Waals surface area contributed by atoms with E-state index in [1.165, 1.54) is 25.1 Å². The number of hydrogen-bond acceptors (Lipinski definition) is 8. The average molecular weight is 643 g/mol. The molecule has 1 saturated heterocycles. The summed E-state index contributed by atoms with van der Waals surface area (Å²) in [7, 11) is 1.27. The van der Waals surface area contributed by atoms with Crippen molar-refractivity contribution in [1.82, 2.24) is 20.1 Å². The van der Waals surface area contributed by atoms with Crippen molar-refractivity contribution in [3.05, 3.63) is 54.2 Å². The lowest BCUT2D eigenvalue weighted by Gasteiger charge is -2.36. The third kappa shape index (κ3) is 6.91. The first-order valence-corrected chi connectivity index (χ1v) is 14.8. The highest BCUT2D eigenvalue weighted by molar-refractivity contribution is 6.01. The van der Waals surface area contributed by atoms with Crippen LogP contribution in [0.15, 0.2) is 48.7 Å². The molecule has 2 N–H and O–H groups in total. The second kappa shape index (κ2) is 13.0. The molecular formula is C31H33F3N6O6. The van der Waals surface area contributed by atoms with Crippen molar-refractivity contribution in [3.63, 3.8) is 0 Å². The summed E-state index contributed by atoms with van der Waals surface area (Å²) >= 11 is 0. The highest BCUT2D eigenvalue weighted by Gasteiger charge is 2.57. The van der Waals surface area contributed by atoms with Crippen molar-refractivity contribution in [2.75, 3.05) is 18.9 Å². The number of anilines is 1. The minimum Gasteiger partial charge on any atom is -0.472 e. The fourth-order valence-corrected chi connectivity index (χ4v) is 5.66. The number of likely N-dealkylation sites (N-methyl/N-ethyl adjacent to an activating group) is 1. The molecule has 2 fully saturated rings. The molecule has 244 valence electrons. The smallest absolute Gasteiger partial charge is 0.471 e. The third-order valence-corrected chi connectivity index (χ3v) is 8.47. The Balaban J connectivity index is 1.38. The summed E-state index contributed by atoms with van der Waals surface area (Å²) in [6, 6.07) is 9.85. The number of nitriles is 1. The predicted molar refractivity (Wildman–Crippen MR) is 155 cm³/mol. The fraction of sp³-hybridized carbons (Fsp3) is 0.484. The molecule has 2 aromatic rings. The number of benzene rings is 1. The number of nitrogens with one attached hydrogen (secondary N) is 2. The first kappa shape index (κ1) is 32.7. The molecule has 0 radical (unpaired) electrons. The van der Waals surface area contributed by atoms with Crippen LogP contribution in [0.1, 0.15) is 38.2 Å². The molecule has 12 nitrogen and oxygen atoms in total. The van der Waals surface area contributed by atoms with Gasteiger partial charge in [0.15, 0.2) is 11.6 Å². The van der Waals surface area contributed by atoms with Crippen LogP contribution < -0.4 is 15.4 Å². The summed E-state index contributed by atoms with van der Waals surface area (Å²) < 4.78 is 51.7. The zero-order valence-corrected chi connectivity index (χ0v) is 25.1. The van der Waals surface area contributed by atoms with E-state index >= 15 is 0 Å². The monoisotopic (exact) mass is 642 g/mol. The van der Waals surface area contributed by atoms with Crippen LogP contribution in [0, 0.1) is 17.2 Å². The van der Waals surface area contributed by atoms with Crippen LogP contribution in [0.4, 0.5) is 19.0 Å². The number of aromatic nitrogens is 1. The first-order valence-electron chi connectivity index (χ1n) is 14.8. The lowest BCUT2D eigenvalue weighted by atomic mass is 9.97. The normalized spacial score (nSPS) is 22.5. The molecule has 46 heavy (non-hydrogen) atoms. The lowest BCUT2D eigenvalue weighted by Crippen LogP contribution is -2.60. The summed E-state index contributed by atoms with van der Waals surface area (Å²) in [6.45, 7) is 0.996. The number of nitrogens with zero attached hydrogens (tertiary/aromatic N) is 4. The highest BCUT2D eigenvalue weighted by atomic mass is 19.4. The molecule has 1 spiro atoms. The Labute approximate surface area is 262 Å². The van der Waals surface area contributed by atoms with Gasteiger partial charge in [-0.05, 0) is 37.0 Å². The van der Waals surface area contributed by atoms with Crippen molar-refractivity contribution in [2.24, 2.45) is 5.92 Å². The number of carbonyl (C=O) groups excluding carboxylic acids is 4. The van der Waals surface area contributed by atoms with Gasteiger partial charge in [0.05, 0.1) is 25.3 Å². The molecule has 1 aliphatic carbocycles. The van der Waals surface area contributed by atoms with Gasteiger partial charge in [-0.25, -0.2) is 4.98 Å². The van der Waals surface area contributed by atoms with Gasteiger partial charge in [0.2, 0.25) is 17.4 Å². The van der Waals surface area contributed by atoms with Gasteiger partial charge >= 0.3 is 12.1 Å². The van der Waals surface area contributed by atoms with Gasteiger partial charge in [0, 0.05) is 19.7 Å². The minimum atomic E-state index is -5.28. The molecule has 0 unspecified atom stereocenters. The second-order valence-corrected chi connectivity index (χ2v) is 11.8. The second-order valence-electron chi connectivity index (χ2n) is 11.8. The van der Waals surface area contributed by atoms with Gasteiger partial charge in [0.1, 0.15) is 18.1 Å². The van der Waals surface area contributed by atoms with Crippen LogP contribution in [-0.4, -0.2) is 88.0 Å². The number of rotatable bonds is 10. The fourth-order valence-electron chi connectivity index (χ4n) is 5.66. The number of hydrogen-bond donors (Lipinski definition) is 2. The number of fused-ring (bicyclic) bond motifs is 1. The molecule has 3 aliphatic rings. The van der Waals surface area contributed by atoms with Crippen molar-refractivity contribution >= 4 is 29.4 Å². The van der Waals surface area contributed by atoms with Gasteiger partial charge in [-0.3, -0.25) is 19.2 Å². The first-order chi connectivity index (χ1) is 21.8. The maximum absolute atomic E-state index is 14.2. The topological polar surface area (TPSA) is 154 Å². The molecule has 5 atom stereocenters. The van der Waals surface area contributed by atoms with Gasteiger partial charge in [-0.2, -0.15) is 18.4 Å². The van der Waals surface area contributed by atoms with Crippen molar-refractivity contribution in [3.8, 4) is 11.8 Å². The number of halogens is 3. The molecule has 15 heteroatoms. The van der Waals surface area contributed by atoms with Crippen LogP contribution >= 0.6 is 0 Å². The Morgan fingerprint density at radius 1 is 1.24 bits per heavy atom. The van der Waals surface area contributed by atoms with Crippen molar-refractivity contribution in [1.29, 1.82) is 5.26 Å². The van der Waals surface area contributed by atoms with Crippen LogP contribution in [-0.2, 0) is 30.5 Å². The average Bonchev–Trinajstić information content (AvgIpc) is 3.79. The Morgan fingerprint density at radius 2 is 1.96 bits per heavy atom. The van der Waals surface area contributed by atoms with E-state index in [-0.39, 0.29) is 43.5 Å². The summed E-state index contributed by atoms with van der Waals surface area (Å²) in [5, 5.41) is 14.4. The lowest BCUT2D eigenvalue weighted by molar-refractivity contribution is -0.176. The maximum Gasteiger partial charge on any atom is 0.471 e. The quantitative estimate of drug-likeness (QED) is 0.401. The number of amides is 4.